The van der Waals surface area contributed by atoms with Crippen LogP contribution in [0.2, 0.25) is 5.02 Å². The zero-order valence-corrected chi connectivity index (χ0v) is 11.3. The Labute approximate surface area is 119 Å². The number of anilines is 2. The van der Waals surface area contributed by atoms with Crippen molar-refractivity contribution in [2.45, 2.75) is 6.92 Å². The number of carbonyl (C=O) groups excluding carboxylic acids is 1. The number of aryl methyl sites for hydroxylation is 1. The van der Waals surface area contributed by atoms with Gasteiger partial charge in [-0.3, -0.25) is 4.79 Å². The summed E-state index contributed by atoms with van der Waals surface area (Å²) in [6, 6.07) is 7.30. The zero-order chi connectivity index (χ0) is 14.7. The Morgan fingerprint density at radius 3 is 2.75 bits per heavy atom. The number of nitrogens with one attached hydrogen (secondary N) is 2. The summed E-state index contributed by atoms with van der Waals surface area (Å²) in [6.45, 7) is 1.61. The minimum Gasteiger partial charge on any atom is -0.321 e. The second-order valence-corrected chi connectivity index (χ2v) is 4.50. The van der Waals surface area contributed by atoms with E-state index in [-0.39, 0.29) is 16.5 Å². The molecule has 1 aromatic heterocycles. The SMILES string of the molecule is Cc1cc(NC(=O)c2nc(NN)ccc2Cl)ccc1F. The number of hydrogen-bond acceptors (Lipinski definition) is 4. The number of carbonyl (C=O) groups is 1. The zero-order valence-electron chi connectivity index (χ0n) is 10.6. The molecule has 0 fully saturated rings. The van der Waals surface area contributed by atoms with Gasteiger partial charge in [-0.05, 0) is 42.8 Å². The van der Waals surface area contributed by atoms with Crippen LogP contribution in [-0.4, -0.2) is 10.9 Å². The molecule has 2 aromatic rings. The molecule has 5 nitrogen and oxygen atoms in total. The van der Waals surface area contributed by atoms with E-state index >= 15 is 0 Å². The van der Waals surface area contributed by atoms with Gasteiger partial charge in [-0.2, -0.15) is 0 Å². The van der Waals surface area contributed by atoms with E-state index in [1.807, 2.05) is 0 Å². The molecule has 0 aliphatic heterocycles. The minimum atomic E-state index is -0.502. The second-order valence-electron chi connectivity index (χ2n) is 4.09. The predicted octanol–water partition coefficient (Wildman–Crippen LogP) is 2.72. The number of hydrogen-bond donors (Lipinski definition) is 3. The molecular formula is C13H12ClFN4O. The largest absolute Gasteiger partial charge is 0.321 e. The fourth-order valence-corrected chi connectivity index (χ4v) is 1.79. The average molecular weight is 295 g/mol. The topological polar surface area (TPSA) is 80.0 Å². The first-order chi connectivity index (χ1) is 9.51. The molecule has 0 aliphatic rings. The molecule has 0 spiro atoms. The van der Waals surface area contributed by atoms with Gasteiger partial charge in [-0.25, -0.2) is 15.2 Å². The monoisotopic (exact) mass is 294 g/mol. The van der Waals surface area contributed by atoms with E-state index in [0.29, 0.717) is 17.1 Å². The number of nitrogen functional groups attached to an aromatic ring is 1. The molecule has 20 heavy (non-hydrogen) atoms. The molecule has 1 heterocycles. The lowest BCUT2D eigenvalue weighted by atomic mass is 10.2. The highest BCUT2D eigenvalue weighted by molar-refractivity contribution is 6.34. The molecule has 104 valence electrons. The Balaban J connectivity index is 2.25. The van der Waals surface area contributed by atoms with Gasteiger partial charge >= 0.3 is 0 Å². The number of hydrazine groups is 1. The van der Waals surface area contributed by atoms with Crippen LogP contribution in [0.3, 0.4) is 0 Å². The summed E-state index contributed by atoms with van der Waals surface area (Å²) in [4.78, 5) is 16.1. The fraction of sp³-hybridized carbons (Fsp3) is 0.0769. The Morgan fingerprint density at radius 2 is 2.10 bits per heavy atom. The molecule has 1 amide bonds. The standard InChI is InChI=1S/C13H12ClFN4O/c1-7-6-8(2-4-10(7)15)17-13(20)12-9(14)3-5-11(18-12)19-16/h2-6H,16H2,1H3,(H,17,20)(H,18,19). The molecule has 4 N–H and O–H groups in total. The number of nitrogens with zero attached hydrogens (tertiary/aromatic N) is 1. The normalized spacial score (nSPS) is 10.2. The van der Waals surface area contributed by atoms with Gasteiger partial charge in [0.2, 0.25) is 0 Å². The first-order valence-corrected chi connectivity index (χ1v) is 6.09. The molecule has 0 saturated heterocycles. The highest BCUT2D eigenvalue weighted by Crippen LogP contribution is 2.19. The van der Waals surface area contributed by atoms with Crippen LogP contribution in [0, 0.1) is 12.7 Å². The van der Waals surface area contributed by atoms with E-state index < -0.39 is 5.91 Å². The van der Waals surface area contributed by atoms with Gasteiger partial charge in [0.25, 0.3) is 5.91 Å². The number of benzene rings is 1. The predicted molar refractivity (Wildman–Crippen MR) is 76.1 cm³/mol. The highest BCUT2D eigenvalue weighted by atomic mass is 35.5. The van der Waals surface area contributed by atoms with Gasteiger partial charge < -0.3 is 10.7 Å². The fourth-order valence-electron chi connectivity index (χ4n) is 1.59. The van der Waals surface area contributed by atoms with Crippen molar-refractivity contribution in [2.75, 3.05) is 10.7 Å². The van der Waals surface area contributed by atoms with E-state index in [1.54, 1.807) is 13.0 Å². The lowest BCUT2D eigenvalue weighted by Gasteiger charge is -2.08. The van der Waals surface area contributed by atoms with E-state index in [9.17, 15) is 9.18 Å². The number of amides is 1. The molecule has 1 aromatic carbocycles. The second kappa shape index (κ2) is 5.85. The van der Waals surface area contributed by atoms with Gasteiger partial charge in [0, 0.05) is 5.69 Å². The number of halogens is 2. The lowest BCUT2D eigenvalue weighted by Crippen LogP contribution is -2.17. The summed E-state index contributed by atoms with van der Waals surface area (Å²) < 4.78 is 13.2. The third-order valence-corrected chi connectivity index (χ3v) is 2.93. The van der Waals surface area contributed by atoms with Crippen molar-refractivity contribution in [2.24, 2.45) is 5.84 Å². The summed E-state index contributed by atoms with van der Waals surface area (Å²) in [7, 11) is 0. The van der Waals surface area contributed by atoms with Crippen LogP contribution in [0.4, 0.5) is 15.9 Å². The highest BCUT2D eigenvalue weighted by Gasteiger charge is 2.13. The average Bonchev–Trinajstić information content (AvgIpc) is 2.43. The van der Waals surface area contributed by atoms with Crippen LogP contribution in [-0.2, 0) is 0 Å². The maximum absolute atomic E-state index is 13.2. The molecule has 0 radical (unpaired) electrons. The molecule has 0 bridgehead atoms. The van der Waals surface area contributed by atoms with E-state index in [4.69, 9.17) is 17.4 Å². The van der Waals surface area contributed by atoms with Gasteiger partial charge in [-0.15, -0.1) is 0 Å². The third kappa shape index (κ3) is 3.04. The summed E-state index contributed by atoms with van der Waals surface area (Å²) >= 11 is 5.92. The van der Waals surface area contributed by atoms with Crippen molar-refractivity contribution < 1.29 is 9.18 Å². The Morgan fingerprint density at radius 1 is 1.35 bits per heavy atom. The Kier molecular flexibility index (Phi) is 4.16. The maximum Gasteiger partial charge on any atom is 0.275 e. The number of aromatic nitrogens is 1. The summed E-state index contributed by atoms with van der Waals surface area (Å²) in [6.07, 6.45) is 0. The molecular weight excluding hydrogens is 283 g/mol. The van der Waals surface area contributed by atoms with Crippen LogP contribution < -0.4 is 16.6 Å². The number of pyridine rings is 1. The van der Waals surface area contributed by atoms with E-state index in [0.717, 1.165) is 0 Å². The van der Waals surface area contributed by atoms with Crippen molar-refractivity contribution in [1.82, 2.24) is 4.98 Å². The van der Waals surface area contributed by atoms with Crippen molar-refractivity contribution in [1.29, 1.82) is 0 Å². The minimum absolute atomic E-state index is 0.0316. The summed E-state index contributed by atoms with van der Waals surface area (Å²) in [5.41, 5.74) is 3.25. The first-order valence-electron chi connectivity index (χ1n) is 5.72. The van der Waals surface area contributed by atoms with Crippen LogP contribution in [0.5, 0.6) is 0 Å². The molecule has 0 atom stereocenters. The summed E-state index contributed by atoms with van der Waals surface area (Å²) in [5, 5.41) is 2.79. The van der Waals surface area contributed by atoms with Crippen LogP contribution in [0.1, 0.15) is 16.1 Å². The van der Waals surface area contributed by atoms with Crippen molar-refractivity contribution in [3.8, 4) is 0 Å². The summed E-state index contributed by atoms with van der Waals surface area (Å²) in [5.74, 6) is 4.70. The molecule has 0 saturated carbocycles. The molecule has 7 heteroatoms. The molecule has 0 unspecified atom stereocenters. The Bertz CT molecular complexity index is 663. The molecule has 2 rings (SSSR count). The Hall–Kier alpha value is -2.18. The first kappa shape index (κ1) is 14.2. The van der Waals surface area contributed by atoms with E-state index in [2.05, 4.69) is 15.7 Å². The third-order valence-electron chi connectivity index (χ3n) is 2.62. The smallest absolute Gasteiger partial charge is 0.275 e. The van der Waals surface area contributed by atoms with Crippen molar-refractivity contribution >= 4 is 29.0 Å². The molecule has 0 aliphatic carbocycles. The number of nitrogens with two attached hydrogens (primary N) is 1. The maximum atomic E-state index is 13.2. The van der Waals surface area contributed by atoms with Gasteiger partial charge in [0.05, 0.1) is 5.02 Å². The van der Waals surface area contributed by atoms with Crippen LogP contribution in [0.15, 0.2) is 30.3 Å². The van der Waals surface area contributed by atoms with Crippen LogP contribution >= 0.6 is 11.6 Å². The lowest BCUT2D eigenvalue weighted by molar-refractivity contribution is 0.102. The van der Waals surface area contributed by atoms with Crippen molar-refractivity contribution in [3.63, 3.8) is 0 Å². The van der Waals surface area contributed by atoms with Gasteiger partial charge in [0.1, 0.15) is 17.3 Å². The van der Waals surface area contributed by atoms with Gasteiger partial charge in [-0.1, -0.05) is 11.6 Å². The van der Waals surface area contributed by atoms with Crippen molar-refractivity contribution in [3.05, 3.63) is 52.4 Å². The quantitative estimate of drug-likeness (QED) is 0.600. The number of rotatable bonds is 3. The van der Waals surface area contributed by atoms with E-state index in [1.165, 1.54) is 24.3 Å². The van der Waals surface area contributed by atoms with Gasteiger partial charge in [0.15, 0.2) is 0 Å². The van der Waals surface area contributed by atoms with Crippen LogP contribution in [0.25, 0.3) is 0 Å².